The maximum atomic E-state index is 9.19. The molecule has 4 nitrogen and oxygen atoms in total. The highest BCUT2D eigenvalue weighted by atomic mass is 16.3. The van der Waals surface area contributed by atoms with Crippen molar-refractivity contribution in [1.29, 1.82) is 0 Å². The fourth-order valence-electron chi connectivity index (χ4n) is 1.36. The molecule has 0 radical (unpaired) electrons. The molecule has 1 aromatic rings. The summed E-state index contributed by atoms with van der Waals surface area (Å²) in [5, 5.41) is 12.6. The lowest BCUT2D eigenvalue weighted by Crippen LogP contribution is -2.45. The number of aromatic nitrogens is 2. The van der Waals surface area contributed by atoms with E-state index in [2.05, 4.69) is 21.8 Å². The first kappa shape index (κ1) is 12.2. The van der Waals surface area contributed by atoms with Gasteiger partial charge in [-0.05, 0) is 26.3 Å². The number of nitrogens with one attached hydrogen (secondary N) is 1. The second-order valence-electron chi connectivity index (χ2n) is 4.15. The van der Waals surface area contributed by atoms with E-state index in [1.54, 1.807) is 6.20 Å². The fraction of sp³-hybridized carbons (Fsp3) is 0.727. The van der Waals surface area contributed by atoms with Crippen molar-refractivity contribution in [2.24, 2.45) is 0 Å². The topological polar surface area (TPSA) is 50.1 Å². The molecule has 0 amide bonds. The van der Waals surface area contributed by atoms with E-state index in [0.29, 0.717) is 0 Å². The highest BCUT2D eigenvalue weighted by molar-refractivity contribution is 4.80. The van der Waals surface area contributed by atoms with Gasteiger partial charge in [0.15, 0.2) is 0 Å². The number of imidazole rings is 1. The van der Waals surface area contributed by atoms with Crippen LogP contribution in [0.15, 0.2) is 18.7 Å². The molecule has 4 heteroatoms. The van der Waals surface area contributed by atoms with Crippen molar-refractivity contribution in [3.63, 3.8) is 0 Å². The summed E-state index contributed by atoms with van der Waals surface area (Å²) in [6.45, 7) is 6.21. The third kappa shape index (κ3) is 4.01. The van der Waals surface area contributed by atoms with E-state index in [1.807, 2.05) is 19.4 Å². The van der Waals surface area contributed by atoms with Gasteiger partial charge in [0.25, 0.3) is 0 Å². The Hall–Kier alpha value is -0.870. The summed E-state index contributed by atoms with van der Waals surface area (Å²) >= 11 is 0. The molecule has 0 aromatic carbocycles. The summed E-state index contributed by atoms with van der Waals surface area (Å²) in [6.07, 6.45) is 7.56. The predicted octanol–water partition coefficient (Wildman–Crippen LogP) is 1.02. The molecule has 0 fully saturated rings. The molecule has 1 rings (SSSR count). The minimum Gasteiger partial charge on any atom is -0.394 e. The van der Waals surface area contributed by atoms with Gasteiger partial charge < -0.3 is 15.0 Å². The number of aliphatic hydroxyl groups excluding tert-OH is 1. The Morgan fingerprint density at radius 2 is 2.33 bits per heavy atom. The van der Waals surface area contributed by atoms with Gasteiger partial charge in [-0.2, -0.15) is 0 Å². The molecule has 1 unspecified atom stereocenters. The van der Waals surface area contributed by atoms with Gasteiger partial charge in [-0.25, -0.2) is 4.98 Å². The number of rotatable bonds is 7. The molecule has 0 spiro atoms. The van der Waals surface area contributed by atoms with E-state index in [0.717, 1.165) is 25.9 Å². The smallest absolute Gasteiger partial charge is 0.0945 e. The predicted molar refractivity (Wildman–Crippen MR) is 60.6 cm³/mol. The van der Waals surface area contributed by atoms with Crippen molar-refractivity contribution in [2.45, 2.75) is 38.8 Å². The molecular weight excluding hydrogens is 190 g/mol. The van der Waals surface area contributed by atoms with Crippen LogP contribution in [0.5, 0.6) is 0 Å². The molecule has 86 valence electrons. The van der Waals surface area contributed by atoms with Crippen LogP contribution >= 0.6 is 0 Å². The van der Waals surface area contributed by atoms with E-state index < -0.39 is 0 Å². The Morgan fingerprint density at radius 3 is 2.87 bits per heavy atom. The van der Waals surface area contributed by atoms with Crippen molar-refractivity contribution in [1.82, 2.24) is 14.9 Å². The van der Waals surface area contributed by atoms with E-state index in [1.165, 1.54) is 0 Å². The fourth-order valence-corrected chi connectivity index (χ4v) is 1.36. The van der Waals surface area contributed by atoms with Gasteiger partial charge in [0.1, 0.15) is 0 Å². The van der Waals surface area contributed by atoms with Crippen LogP contribution in [0.2, 0.25) is 0 Å². The van der Waals surface area contributed by atoms with Gasteiger partial charge in [0, 0.05) is 24.5 Å². The second kappa shape index (κ2) is 5.88. The summed E-state index contributed by atoms with van der Waals surface area (Å²) in [4.78, 5) is 3.98. The SMILES string of the molecule is CCC(C)(CO)NCCCn1ccnc1. The number of aliphatic hydroxyl groups is 1. The number of hydrogen-bond donors (Lipinski definition) is 2. The monoisotopic (exact) mass is 211 g/mol. The first-order valence-corrected chi connectivity index (χ1v) is 5.52. The molecule has 0 aliphatic rings. The number of hydrogen-bond acceptors (Lipinski definition) is 3. The Balaban J connectivity index is 2.16. The average molecular weight is 211 g/mol. The maximum absolute atomic E-state index is 9.19. The average Bonchev–Trinajstić information content (AvgIpc) is 2.77. The number of nitrogens with zero attached hydrogens (tertiary/aromatic N) is 2. The van der Waals surface area contributed by atoms with Crippen LogP contribution in [0.1, 0.15) is 26.7 Å². The Morgan fingerprint density at radius 1 is 1.53 bits per heavy atom. The van der Waals surface area contributed by atoms with Gasteiger partial charge in [-0.3, -0.25) is 0 Å². The third-order valence-electron chi connectivity index (χ3n) is 2.83. The van der Waals surface area contributed by atoms with Gasteiger partial charge in [0.05, 0.1) is 12.9 Å². The third-order valence-corrected chi connectivity index (χ3v) is 2.83. The quantitative estimate of drug-likeness (QED) is 0.662. The Bertz CT molecular complexity index is 255. The zero-order valence-electron chi connectivity index (χ0n) is 9.61. The molecule has 0 saturated heterocycles. The molecule has 15 heavy (non-hydrogen) atoms. The van der Waals surface area contributed by atoms with Crippen molar-refractivity contribution < 1.29 is 5.11 Å². The molecule has 2 N–H and O–H groups in total. The minimum absolute atomic E-state index is 0.130. The lowest BCUT2D eigenvalue weighted by atomic mass is 10.0. The van der Waals surface area contributed by atoms with Crippen LogP contribution in [-0.4, -0.2) is 33.3 Å². The maximum Gasteiger partial charge on any atom is 0.0945 e. The van der Waals surface area contributed by atoms with Crippen molar-refractivity contribution in [2.75, 3.05) is 13.2 Å². The van der Waals surface area contributed by atoms with Gasteiger partial charge in [-0.15, -0.1) is 0 Å². The molecule has 1 aromatic heterocycles. The number of aryl methyl sites for hydroxylation is 1. The Labute approximate surface area is 91.3 Å². The van der Waals surface area contributed by atoms with Gasteiger partial charge in [-0.1, -0.05) is 6.92 Å². The van der Waals surface area contributed by atoms with Crippen LogP contribution in [-0.2, 0) is 6.54 Å². The van der Waals surface area contributed by atoms with Crippen molar-refractivity contribution in [3.05, 3.63) is 18.7 Å². The van der Waals surface area contributed by atoms with Crippen molar-refractivity contribution in [3.8, 4) is 0 Å². The Kier molecular flexibility index (Phi) is 4.78. The summed E-state index contributed by atoms with van der Waals surface area (Å²) < 4.78 is 2.06. The lowest BCUT2D eigenvalue weighted by Gasteiger charge is -2.27. The first-order chi connectivity index (χ1) is 7.20. The molecule has 0 aliphatic carbocycles. The minimum atomic E-state index is -0.130. The van der Waals surface area contributed by atoms with Gasteiger partial charge in [0.2, 0.25) is 0 Å². The zero-order valence-corrected chi connectivity index (χ0v) is 9.61. The summed E-state index contributed by atoms with van der Waals surface area (Å²) in [5.41, 5.74) is -0.130. The first-order valence-electron chi connectivity index (χ1n) is 5.52. The van der Waals surface area contributed by atoms with Gasteiger partial charge >= 0.3 is 0 Å². The normalized spacial score (nSPS) is 15.1. The molecular formula is C11H21N3O. The zero-order chi connectivity index (χ0) is 11.1. The van der Waals surface area contributed by atoms with Crippen LogP contribution in [0.4, 0.5) is 0 Å². The lowest BCUT2D eigenvalue weighted by molar-refractivity contribution is 0.169. The van der Waals surface area contributed by atoms with Crippen LogP contribution < -0.4 is 5.32 Å². The summed E-state index contributed by atoms with van der Waals surface area (Å²) in [6, 6.07) is 0. The highest BCUT2D eigenvalue weighted by Crippen LogP contribution is 2.07. The van der Waals surface area contributed by atoms with E-state index in [4.69, 9.17) is 0 Å². The van der Waals surface area contributed by atoms with Crippen molar-refractivity contribution >= 4 is 0 Å². The standard InChI is InChI=1S/C11H21N3O/c1-3-11(2,9-15)13-5-4-7-14-8-6-12-10-14/h6,8,10,13,15H,3-5,7,9H2,1-2H3. The van der Waals surface area contributed by atoms with Crippen LogP contribution in [0.3, 0.4) is 0 Å². The van der Waals surface area contributed by atoms with Crippen LogP contribution in [0.25, 0.3) is 0 Å². The van der Waals surface area contributed by atoms with Crippen LogP contribution in [0, 0.1) is 0 Å². The summed E-state index contributed by atoms with van der Waals surface area (Å²) in [5.74, 6) is 0. The molecule has 0 bridgehead atoms. The second-order valence-corrected chi connectivity index (χ2v) is 4.15. The highest BCUT2D eigenvalue weighted by Gasteiger charge is 2.18. The van der Waals surface area contributed by atoms with E-state index >= 15 is 0 Å². The van der Waals surface area contributed by atoms with E-state index in [9.17, 15) is 5.11 Å². The molecule has 1 heterocycles. The largest absolute Gasteiger partial charge is 0.394 e. The molecule has 1 atom stereocenters. The summed E-state index contributed by atoms with van der Waals surface area (Å²) in [7, 11) is 0. The molecule has 0 aliphatic heterocycles. The van der Waals surface area contributed by atoms with E-state index in [-0.39, 0.29) is 12.1 Å². The molecule has 0 saturated carbocycles.